The van der Waals surface area contributed by atoms with E-state index in [0.717, 1.165) is 12.8 Å². The summed E-state index contributed by atoms with van der Waals surface area (Å²) < 4.78 is 5.18. The predicted octanol–water partition coefficient (Wildman–Crippen LogP) is 2.40. The van der Waals surface area contributed by atoms with Crippen molar-refractivity contribution in [2.24, 2.45) is 0 Å². The first-order chi connectivity index (χ1) is 5.41. The lowest BCUT2D eigenvalue weighted by atomic mass is 10.2. The highest BCUT2D eigenvalue weighted by atomic mass is 28.2. The number of allylic oxidation sites excluding steroid dienone is 2. The minimum absolute atomic E-state index is 0.233. The Morgan fingerprint density at radius 1 is 1.36 bits per heavy atom. The first-order valence-electron chi connectivity index (χ1n) is 4.29. The zero-order chi connectivity index (χ0) is 8.36. The van der Waals surface area contributed by atoms with Crippen LogP contribution >= 0.6 is 0 Å². The molecule has 0 N–H and O–H groups in total. The Labute approximate surface area is 72.1 Å². The van der Waals surface area contributed by atoms with Crippen LogP contribution in [0.1, 0.15) is 25.7 Å². The van der Waals surface area contributed by atoms with E-state index in [1.54, 1.807) is 0 Å². The Morgan fingerprint density at radius 2 is 2.09 bits per heavy atom. The Balaban J connectivity index is 2.94. The third-order valence-electron chi connectivity index (χ3n) is 1.39. The Hall–Kier alpha value is -0.503. The Bertz CT molecular complexity index is 110. The lowest BCUT2D eigenvalue weighted by Gasteiger charge is -1.93. The van der Waals surface area contributed by atoms with Gasteiger partial charge in [0.1, 0.15) is 0 Å². The molecule has 11 heavy (non-hydrogen) atoms. The van der Waals surface area contributed by atoms with Gasteiger partial charge in [0.25, 0.3) is 0 Å². The van der Waals surface area contributed by atoms with E-state index < -0.39 is 0 Å². The first-order valence-corrected chi connectivity index (χ1v) is 6.28. The highest BCUT2D eigenvalue weighted by Gasteiger charge is 1.81. The summed E-state index contributed by atoms with van der Waals surface area (Å²) in [6.45, 7) is 5.80. The van der Waals surface area contributed by atoms with Crippen molar-refractivity contribution in [3.8, 4) is 0 Å². The molecule has 0 aliphatic heterocycles. The van der Waals surface area contributed by atoms with Crippen LogP contribution in [-0.4, -0.2) is 9.76 Å². The van der Waals surface area contributed by atoms with E-state index in [1.807, 2.05) is 12.3 Å². The summed E-state index contributed by atoms with van der Waals surface area (Å²) in [4.78, 5) is 0. The standard InChI is InChI=1S/C9H18OSi/c1-3-4-5-6-7-8-9-10-11-2/h3,8-9H,1,4-7,11H2,2H3. The number of rotatable bonds is 7. The molecular weight excluding hydrogens is 152 g/mol. The van der Waals surface area contributed by atoms with Gasteiger partial charge < -0.3 is 4.43 Å². The molecule has 0 aromatic heterocycles. The van der Waals surface area contributed by atoms with Crippen LogP contribution in [0.4, 0.5) is 0 Å². The molecule has 0 atom stereocenters. The third-order valence-corrected chi connectivity index (χ3v) is 1.91. The minimum Gasteiger partial charge on any atom is -0.555 e. The van der Waals surface area contributed by atoms with Gasteiger partial charge in [-0.1, -0.05) is 12.2 Å². The van der Waals surface area contributed by atoms with Crippen LogP contribution in [0.15, 0.2) is 25.0 Å². The minimum atomic E-state index is -0.233. The van der Waals surface area contributed by atoms with Crippen LogP contribution in [0, 0.1) is 0 Å². The molecule has 0 radical (unpaired) electrons. The van der Waals surface area contributed by atoms with E-state index in [1.165, 1.54) is 12.8 Å². The largest absolute Gasteiger partial charge is 0.555 e. The van der Waals surface area contributed by atoms with E-state index in [-0.39, 0.29) is 9.76 Å². The van der Waals surface area contributed by atoms with Crippen LogP contribution < -0.4 is 0 Å². The molecule has 0 spiro atoms. The van der Waals surface area contributed by atoms with Gasteiger partial charge in [-0.3, -0.25) is 0 Å². The first kappa shape index (κ1) is 10.5. The number of hydrogen-bond acceptors (Lipinski definition) is 1. The molecule has 0 saturated heterocycles. The zero-order valence-corrected chi connectivity index (χ0v) is 8.80. The number of hydrogen-bond donors (Lipinski definition) is 0. The van der Waals surface area contributed by atoms with Gasteiger partial charge in [-0.05, 0) is 32.2 Å². The average molecular weight is 170 g/mol. The fourth-order valence-corrected chi connectivity index (χ4v) is 1.11. The lowest BCUT2D eigenvalue weighted by Crippen LogP contribution is -1.81. The molecule has 0 heterocycles. The average Bonchev–Trinajstić information content (AvgIpc) is 2.03. The van der Waals surface area contributed by atoms with Crippen LogP contribution in [0.25, 0.3) is 0 Å². The van der Waals surface area contributed by atoms with Crippen molar-refractivity contribution in [1.82, 2.24) is 0 Å². The molecule has 1 nitrogen and oxygen atoms in total. The maximum Gasteiger partial charge on any atom is 0.215 e. The van der Waals surface area contributed by atoms with Crippen LogP contribution in [0.2, 0.25) is 6.55 Å². The number of unbranched alkanes of at least 4 members (excludes halogenated alkanes) is 3. The van der Waals surface area contributed by atoms with Gasteiger partial charge in [-0.25, -0.2) is 0 Å². The zero-order valence-electron chi connectivity index (χ0n) is 7.38. The summed E-state index contributed by atoms with van der Waals surface area (Å²) >= 11 is 0. The summed E-state index contributed by atoms with van der Waals surface area (Å²) in [6.07, 6.45) is 10.7. The molecular formula is C9H18OSi. The Kier molecular flexibility index (Phi) is 9.06. The van der Waals surface area contributed by atoms with E-state index in [0.29, 0.717) is 0 Å². The summed E-state index contributed by atoms with van der Waals surface area (Å²) in [6, 6.07) is 0. The van der Waals surface area contributed by atoms with Gasteiger partial charge >= 0.3 is 0 Å². The van der Waals surface area contributed by atoms with Crippen LogP contribution in [0.3, 0.4) is 0 Å². The van der Waals surface area contributed by atoms with Crippen molar-refractivity contribution in [3.63, 3.8) is 0 Å². The molecule has 0 fully saturated rings. The van der Waals surface area contributed by atoms with Gasteiger partial charge in [-0.15, -0.1) is 6.58 Å². The highest BCUT2D eigenvalue weighted by Crippen LogP contribution is 2.00. The molecule has 0 rings (SSSR count). The van der Waals surface area contributed by atoms with Crippen LogP contribution in [0.5, 0.6) is 0 Å². The molecule has 64 valence electrons. The third kappa shape index (κ3) is 9.50. The summed E-state index contributed by atoms with van der Waals surface area (Å²) in [5.74, 6) is 0. The fourth-order valence-electron chi connectivity index (χ4n) is 0.783. The topological polar surface area (TPSA) is 9.23 Å². The van der Waals surface area contributed by atoms with Crippen molar-refractivity contribution in [2.45, 2.75) is 32.2 Å². The quantitative estimate of drug-likeness (QED) is 0.247. The van der Waals surface area contributed by atoms with Gasteiger partial charge in [0, 0.05) is 0 Å². The molecule has 0 saturated carbocycles. The van der Waals surface area contributed by atoms with Crippen LogP contribution in [-0.2, 0) is 4.43 Å². The van der Waals surface area contributed by atoms with Crippen molar-refractivity contribution in [1.29, 1.82) is 0 Å². The molecule has 0 aromatic carbocycles. The lowest BCUT2D eigenvalue weighted by molar-refractivity contribution is 0.515. The monoisotopic (exact) mass is 170 g/mol. The molecule has 0 aliphatic carbocycles. The normalized spacial score (nSPS) is 11.4. The van der Waals surface area contributed by atoms with Crippen molar-refractivity contribution in [3.05, 3.63) is 25.0 Å². The summed E-state index contributed by atoms with van der Waals surface area (Å²) in [7, 11) is -0.233. The van der Waals surface area contributed by atoms with Gasteiger partial charge in [0.05, 0.1) is 6.26 Å². The van der Waals surface area contributed by atoms with E-state index in [2.05, 4.69) is 19.2 Å². The van der Waals surface area contributed by atoms with Crippen molar-refractivity contribution >= 4 is 9.76 Å². The molecule has 0 aliphatic rings. The molecule has 2 heteroatoms. The fraction of sp³-hybridized carbons (Fsp3) is 0.556. The second kappa shape index (κ2) is 9.50. The second-order valence-corrected chi connectivity index (χ2v) is 3.31. The maximum absolute atomic E-state index is 5.18. The molecule has 0 unspecified atom stereocenters. The Morgan fingerprint density at radius 3 is 2.73 bits per heavy atom. The summed E-state index contributed by atoms with van der Waals surface area (Å²) in [5.41, 5.74) is 0. The van der Waals surface area contributed by atoms with E-state index in [4.69, 9.17) is 4.43 Å². The SMILES string of the molecule is C=CCCCCC=CO[SiH2]C. The van der Waals surface area contributed by atoms with Gasteiger partial charge in [-0.2, -0.15) is 0 Å². The highest BCUT2D eigenvalue weighted by molar-refractivity contribution is 6.25. The molecule has 0 amide bonds. The van der Waals surface area contributed by atoms with Gasteiger partial charge in [0.2, 0.25) is 9.76 Å². The van der Waals surface area contributed by atoms with Crippen molar-refractivity contribution < 1.29 is 4.43 Å². The maximum atomic E-state index is 5.18. The molecule has 0 aromatic rings. The molecule has 0 bridgehead atoms. The van der Waals surface area contributed by atoms with Crippen molar-refractivity contribution in [2.75, 3.05) is 0 Å². The summed E-state index contributed by atoms with van der Waals surface area (Å²) in [5, 5.41) is 0. The predicted molar refractivity (Wildman–Crippen MR) is 53.3 cm³/mol. The smallest absolute Gasteiger partial charge is 0.215 e. The van der Waals surface area contributed by atoms with E-state index in [9.17, 15) is 0 Å². The van der Waals surface area contributed by atoms with E-state index >= 15 is 0 Å². The van der Waals surface area contributed by atoms with Gasteiger partial charge in [0.15, 0.2) is 0 Å². The second-order valence-electron chi connectivity index (χ2n) is 2.40.